The molecule has 1 heterocycles. The summed E-state index contributed by atoms with van der Waals surface area (Å²) in [5.41, 5.74) is 9.55. The smallest absolute Gasteiger partial charge is 0.490 e. The van der Waals surface area contributed by atoms with E-state index < -0.39 is 22.2 Å². The Bertz CT molecular complexity index is 1060. The average molecular weight is 503 g/mol. The van der Waals surface area contributed by atoms with Crippen LogP contribution in [0.1, 0.15) is 36.5 Å². The van der Waals surface area contributed by atoms with Gasteiger partial charge < -0.3 is 15.6 Å². The number of rotatable bonds is 7. The lowest BCUT2D eigenvalue weighted by atomic mass is 9.84. The summed E-state index contributed by atoms with van der Waals surface area (Å²) >= 11 is 0. The predicted molar refractivity (Wildman–Crippen MR) is 122 cm³/mol. The first kappa shape index (κ1) is 27.6. The van der Waals surface area contributed by atoms with Gasteiger partial charge in [0.2, 0.25) is 10.0 Å². The fourth-order valence-electron chi connectivity index (χ4n) is 3.48. The van der Waals surface area contributed by atoms with Gasteiger partial charge in [0.15, 0.2) is 0 Å². The SMILES string of the molecule is CC(C)CS(=O)(=O)NCc1ccc2c(c1)C(Cc1ccccc1)C(N)CO2.O=C(O)C(F)(F)F. The normalized spacial score (nSPS) is 17.9. The van der Waals surface area contributed by atoms with Crippen molar-refractivity contribution < 1.29 is 36.2 Å². The second kappa shape index (κ2) is 11.7. The number of carbonyl (C=O) groups is 1. The summed E-state index contributed by atoms with van der Waals surface area (Å²) in [5.74, 6) is -1.56. The Morgan fingerprint density at radius 2 is 1.79 bits per heavy atom. The van der Waals surface area contributed by atoms with Crippen molar-refractivity contribution in [1.29, 1.82) is 0 Å². The topological polar surface area (TPSA) is 119 Å². The van der Waals surface area contributed by atoms with Crippen molar-refractivity contribution >= 4 is 16.0 Å². The van der Waals surface area contributed by atoms with Gasteiger partial charge in [0, 0.05) is 18.5 Å². The molecule has 1 aliphatic rings. The first-order chi connectivity index (χ1) is 15.8. The number of carboxylic acids is 1. The quantitative estimate of drug-likeness (QED) is 0.534. The number of aliphatic carboxylic acids is 1. The zero-order valence-corrected chi connectivity index (χ0v) is 19.7. The Kier molecular flexibility index (Phi) is 9.48. The van der Waals surface area contributed by atoms with E-state index in [1.165, 1.54) is 5.56 Å². The third-order valence-corrected chi connectivity index (χ3v) is 6.70. The third-order valence-electron chi connectivity index (χ3n) is 5.01. The molecule has 11 heteroatoms. The third kappa shape index (κ3) is 8.62. The molecule has 0 radical (unpaired) electrons. The molecule has 0 spiro atoms. The molecule has 0 amide bonds. The molecule has 0 saturated carbocycles. The molecule has 34 heavy (non-hydrogen) atoms. The van der Waals surface area contributed by atoms with Gasteiger partial charge in [-0.15, -0.1) is 0 Å². The summed E-state index contributed by atoms with van der Waals surface area (Å²) < 4.78 is 64.4. The number of nitrogens with one attached hydrogen (secondary N) is 1. The number of halogens is 3. The highest BCUT2D eigenvalue weighted by Crippen LogP contribution is 2.36. The highest BCUT2D eigenvalue weighted by molar-refractivity contribution is 7.89. The number of benzene rings is 2. The number of sulfonamides is 1. The van der Waals surface area contributed by atoms with E-state index in [0.717, 1.165) is 23.3 Å². The minimum absolute atomic E-state index is 0.0904. The molecule has 2 atom stereocenters. The lowest BCUT2D eigenvalue weighted by Gasteiger charge is -2.32. The van der Waals surface area contributed by atoms with Gasteiger partial charge in [0.25, 0.3) is 0 Å². The number of ether oxygens (including phenoxy) is 1. The molecule has 0 fully saturated rings. The van der Waals surface area contributed by atoms with Crippen LogP contribution in [0.25, 0.3) is 0 Å². The maximum atomic E-state index is 12.1. The Labute approximate surface area is 197 Å². The van der Waals surface area contributed by atoms with Gasteiger partial charge in [-0.25, -0.2) is 17.9 Å². The van der Waals surface area contributed by atoms with Crippen LogP contribution in [0, 0.1) is 5.92 Å². The Balaban J connectivity index is 0.000000509. The van der Waals surface area contributed by atoms with E-state index in [4.69, 9.17) is 20.4 Å². The van der Waals surface area contributed by atoms with Crippen molar-refractivity contribution in [3.05, 3.63) is 65.2 Å². The molecule has 7 nitrogen and oxygen atoms in total. The summed E-state index contributed by atoms with van der Waals surface area (Å²) in [6.45, 7) is 4.55. The standard InChI is InChI=1S/C21H28N2O3S.C2HF3O2/c1-15(2)14-27(24,25)23-12-17-8-9-21-19(11-17)18(20(22)13-26-21)10-16-6-4-3-5-7-16;3-2(4,5)1(6)7/h3-9,11,15,18,20,23H,10,12-14,22H2,1-2H3;(H,6,7). The van der Waals surface area contributed by atoms with Crippen LogP contribution in [0.5, 0.6) is 5.75 Å². The van der Waals surface area contributed by atoms with Crippen molar-refractivity contribution in [3.63, 3.8) is 0 Å². The van der Waals surface area contributed by atoms with Gasteiger partial charge in [-0.1, -0.05) is 56.3 Å². The molecule has 1 aliphatic heterocycles. The fraction of sp³-hybridized carbons (Fsp3) is 0.435. The van der Waals surface area contributed by atoms with Crippen LogP contribution in [-0.4, -0.2) is 44.1 Å². The molecule has 2 unspecified atom stereocenters. The summed E-state index contributed by atoms with van der Waals surface area (Å²) in [4.78, 5) is 8.90. The number of hydrogen-bond acceptors (Lipinski definition) is 5. The van der Waals surface area contributed by atoms with Crippen LogP contribution in [0.15, 0.2) is 48.5 Å². The Morgan fingerprint density at radius 1 is 1.18 bits per heavy atom. The minimum Gasteiger partial charge on any atom is -0.492 e. The van der Waals surface area contributed by atoms with Gasteiger partial charge in [-0.05, 0) is 35.1 Å². The van der Waals surface area contributed by atoms with Crippen LogP contribution < -0.4 is 15.2 Å². The maximum Gasteiger partial charge on any atom is 0.490 e. The predicted octanol–water partition coefficient (Wildman–Crippen LogP) is 3.44. The van der Waals surface area contributed by atoms with Crippen LogP contribution in [0.2, 0.25) is 0 Å². The van der Waals surface area contributed by atoms with E-state index in [1.807, 2.05) is 50.2 Å². The lowest BCUT2D eigenvalue weighted by Crippen LogP contribution is -2.39. The number of alkyl halides is 3. The van der Waals surface area contributed by atoms with Gasteiger partial charge in [0.1, 0.15) is 12.4 Å². The zero-order chi connectivity index (χ0) is 25.5. The van der Waals surface area contributed by atoms with Gasteiger partial charge in [-0.3, -0.25) is 0 Å². The van der Waals surface area contributed by atoms with Crippen molar-refractivity contribution in [2.75, 3.05) is 12.4 Å². The second-order valence-electron chi connectivity index (χ2n) is 8.44. The van der Waals surface area contributed by atoms with E-state index in [9.17, 15) is 21.6 Å². The molecule has 0 aliphatic carbocycles. The Hall–Kier alpha value is -2.63. The van der Waals surface area contributed by atoms with E-state index in [1.54, 1.807) is 0 Å². The largest absolute Gasteiger partial charge is 0.492 e. The van der Waals surface area contributed by atoms with Crippen LogP contribution in [0.3, 0.4) is 0 Å². The monoisotopic (exact) mass is 502 g/mol. The highest BCUT2D eigenvalue weighted by atomic mass is 32.2. The molecule has 188 valence electrons. The Morgan fingerprint density at radius 3 is 2.35 bits per heavy atom. The molecule has 3 rings (SSSR count). The van der Waals surface area contributed by atoms with Crippen molar-refractivity contribution in [1.82, 2.24) is 4.72 Å². The van der Waals surface area contributed by atoms with E-state index in [0.29, 0.717) is 6.61 Å². The molecule has 0 saturated heterocycles. The molecule has 0 aromatic heterocycles. The van der Waals surface area contributed by atoms with E-state index in [2.05, 4.69) is 16.9 Å². The molecule has 0 bridgehead atoms. The average Bonchev–Trinajstić information content (AvgIpc) is 2.74. The van der Waals surface area contributed by atoms with Gasteiger partial charge in [-0.2, -0.15) is 13.2 Å². The van der Waals surface area contributed by atoms with E-state index in [-0.39, 0.29) is 30.2 Å². The minimum atomic E-state index is -5.08. The van der Waals surface area contributed by atoms with E-state index >= 15 is 0 Å². The maximum absolute atomic E-state index is 12.1. The highest BCUT2D eigenvalue weighted by Gasteiger charge is 2.38. The molecular weight excluding hydrogens is 473 g/mol. The first-order valence-electron chi connectivity index (χ1n) is 10.6. The molecular formula is C23H29F3N2O5S. The van der Waals surface area contributed by atoms with Crippen molar-refractivity contribution in [3.8, 4) is 5.75 Å². The summed E-state index contributed by atoms with van der Waals surface area (Å²) in [7, 11) is -3.28. The van der Waals surface area contributed by atoms with Crippen LogP contribution in [0.4, 0.5) is 13.2 Å². The second-order valence-corrected chi connectivity index (χ2v) is 10.3. The van der Waals surface area contributed by atoms with Crippen molar-refractivity contribution in [2.24, 2.45) is 11.7 Å². The summed E-state index contributed by atoms with van der Waals surface area (Å²) in [5, 5.41) is 7.12. The number of fused-ring (bicyclic) bond motifs is 1. The number of carboxylic acid groups (broad SMARTS) is 1. The molecule has 4 N–H and O–H groups in total. The number of nitrogens with two attached hydrogens (primary N) is 1. The van der Waals surface area contributed by atoms with Crippen LogP contribution >= 0.6 is 0 Å². The van der Waals surface area contributed by atoms with Gasteiger partial charge >= 0.3 is 12.1 Å². The lowest BCUT2D eigenvalue weighted by molar-refractivity contribution is -0.192. The molecule has 2 aromatic rings. The van der Waals surface area contributed by atoms with Gasteiger partial charge in [0.05, 0.1) is 5.75 Å². The molecule has 2 aromatic carbocycles. The van der Waals surface area contributed by atoms with Crippen molar-refractivity contribution in [2.45, 2.75) is 44.9 Å². The summed E-state index contributed by atoms with van der Waals surface area (Å²) in [6.07, 6.45) is -4.25. The number of hydrogen-bond donors (Lipinski definition) is 3. The zero-order valence-electron chi connectivity index (χ0n) is 18.9. The fourth-order valence-corrected chi connectivity index (χ4v) is 4.86. The summed E-state index contributed by atoms with van der Waals surface area (Å²) in [6, 6.07) is 16.0. The first-order valence-corrected chi connectivity index (χ1v) is 12.3. The van der Waals surface area contributed by atoms with Crippen LogP contribution in [-0.2, 0) is 27.8 Å².